The van der Waals surface area contributed by atoms with Gasteiger partial charge in [-0.15, -0.1) is 0 Å². The van der Waals surface area contributed by atoms with Gasteiger partial charge in [0.1, 0.15) is 18.7 Å². The Labute approximate surface area is 194 Å². The van der Waals surface area contributed by atoms with E-state index in [1.165, 1.54) is 7.11 Å². The van der Waals surface area contributed by atoms with Crippen LogP contribution in [-0.2, 0) is 37.5 Å². The quantitative estimate of drug-likeness (QED) is 0.500. The van der Waals surface area contributed by atoms with Crippen molar-refractivity contribution < 1.29 is 29.0 Å². The molecule has 0 radical (unpaired) electrons. The average Bonchev–Trinajstić information content (AvgIpc) is 2.80. The van der Waals surface area contributed by atoms with Gasteiger partial charge in [-0.05, 0) is 22.1 Å². The Hall–Kier alpha value is -3.39. The van der Waals surface area contributed by atoms with Crippen LogP contribution in [-0.4, -0.2) is 48.9 Å². The summed E-state index contributed by atoms with van der Waals surface area (Å²) in [5, 5.41) is 14.4. The van der Waals surface area contributed by atoms with Crippen LogP contribution in [0.4, 0.5) is 4.79 Å². The lowest BCUT2D eigenvalue weighted by Crippen LogP contribution is -2.54. The Bertz CT molecular complexity index is 922. The number of alkyl carbamates (subject to hydrolysis) is 1. The number of amides is 2. The first-order chi connectivity index (χ1) is 15.6. The summed E-state index contributed by atoms with van der Waals surface area (Å²) in [6.45, 7) is 5.66. The van der Waals surface area contributed by atoms with E-state index in [2.05, 4.69) is 31.4 Å². The van der Waals surface area contributed by atoms with Crippen LogP contribution in [0.5, 0.6) is 0 Å². The molecular weight excluding hydrogens is 424 g/mol. The summed E-state index contributed by atoms with van der Waals surface area (Å²) in [6.07, 6.45) is -0.667. The van der Waals surface area contributed by atoms with E-state index in [9.17, 15) is 19.5 Å². The Morgan fingerprint density at radius 3 is 2.09 bits per heavy atom. The summed E-state index contributed by atoms with van der Waals surface area (Å²) in [5.74, 6) is -1.36. The second-order valence-electron chi connectivity index (χ2n) is 8.68. The highest BCUT2D eigenvalue weighted by Gasteiger charge is 2.27. The molecule has 178 valence electrons. The summed E-state index contributed by atoms with van der Waals surface area (Å²) in [6, 6.07) is 14.5. The zero-order valence-corrected chi connectivity index (χ0v) is 19.5. The number of nitrogens with one attached hydrogen (secondary N) is 2. The minimum atomic E-state index is -1.29. The topological polar surface area (TPSA) is 114 Å². The third-order valence-electron chi connectivity index (χ3n) is 5.07. The first-order valence-electron chi connectivity index (χ1n) is 10.7. The first-order valence-corrected chi connectivity index (χ1v) is 10.7. The number of rotatable bonds is 9. The molecule has 0 unspecified atom stereocenters. The van der Waals surface area contributed by atoms with Gasteiger partial charge in [0, 0.05) is 6.42 Å². The summed E-state index contributed by atoms with van der Waals surface area (Å²) in [5.41, 5.74) is 2.74. The van der Waals surface area contributed by atoms with Crippen molar-refractivity contribution in [1.82, 2.24) is 10.6 Å². The van der Waals surface area contributed by atoms with Gasteiger partial charge in [-0.3, -0.25) is 4.79 Å². The average molecular weight is 457 g/mol. The van der Waals surface area contributed by atoms with Crippen LogP contribution in [0, 0.1) is 0 Å². The number of hydrogen-bond acceptors (Lipinski definition) is 6. The molecule has 3 N–H and O–H groups in total. The fraction of sp³-hybridized carbons (Fsp3) is 0.400. The number of hydrogen-bond donors (Lipinski definition) is 3. The van der Waals surface area contributed by atoms with Crippen LogP contribution < -0.4 is 10.6 Å². The van der Waals surface area contributed by atoms with Crippen molar-refractivity contribution in [2.24, 2.45) is 0 Å². The molecule has 0 fully saturated rings. The lowest BCUT2D eigenvalue weighted by molar-refractivity contribution is -0.145. The molecule has 0 aliphatic heterocycles. The Balaban J connectivity index is 1.98. The van der Waals surface area contributed by atoms with Crippen molar-refractivity contribution in [2.75, 3.05) is 13.7 Å². The van der Waals surface area contributed by atoms with Gasteiger partial charge in [-0.1, -0.05) is 75.4 Å². The number of carbonyl (C=O) groups is 3. The summed E-state index contributed by atoms with van der Waals surface area (Å²) >= 11 is 0. The highest BCUT2D eigenvalue weighted by Crippen LogP contribution is 2.22. The van der Waals surface area contributed by atoms with Gasteiger partial charge in [0.25, 0.3) is 0 Å². The Kier molecular flexibility index (Phi) is 9.42. The Morgan fingerprint density at radius 2 is 1.55 bits per heavy atom. The van der Waals surface area contributed by atoms with Crippen LogP contribution in [0.3, 0.4) is 0 Å². The van der Waals surface area contributed by atoms with E-state index in [0.717, 1.165) is 16.7 Å². The van der Waals surface area contributed by atoms with E-state index < -0.39 is 36.7 Å². The van der Waals surface area contributed by atoms with E-state index in [1.807, 2.05) is 42.5 Å². The SMILES string of the molecule is COC(=O)[C@@H](Cc1ccc(C(C)(C)C)cc1)NC(=O)[C@H](CO)NC(=O)OCc1ccccc1. The molecule has 8 heteroatoms. The number of ether oxygens (including phenoxy) is 2. The molecule has 2 amide bonds. The lowest BCUT2D eigenvalue weighted by Gasteiger charge is -2.22. The largest absolute Gasteiger partial charge is 0.467 e. The second-order valence-corrected chi connectivity index (χ2v) is 8.68. The number of carbonyl (C=O) groups excluding carboxylic acids is 3. The van der Waals surface area contributed by atoms with Crippen molar-refractivity contribution in [3.8, 4) is 0 Å². The minimum Gasteiger partial charge on any atom is -0.467 e. The van der Waals surface area contributed by atoms with Gasteiger partial charge in [0.05, 0.1) is 13.7 Å². The zero-order chi connectivity index (χ0) is 24.4. The molecule has 8 nitrogen and oxygen atoms in total. The minimum absolute atomic E-state index is 0.0103. The van der Waals surface area contributed by atoms with Crippen molar-refractivity contribution in [3.05, 3.63) is 71.3 Å². The summed E-state index contributed by atoms with van der Waals surface area (Å²) < 4.78 is 9.90. The number of aliphatic hydroxyl groups is 1. The molecule has 2 atom stereocenters. The fourth-order valence-corrected chi connectivity index (χ4v) is 3.09. The molecule has 0 heterocycles. The smallest absolute Gasteiger partial charge is 0.408 e. The molecule has 0 saturated heterocycles. The van der Waals surface area contributed by atoms with Crippen molar-refractivity contribution in [1.29, 1.82) is 0 Å². The van der Waals surface area contributed by atoms with Crippen molar-refractivity contribution in [3.63, 3.8) is 0 Å². The fourth-order valence-electron chi connectivity index (χ4n) is 3.09. The van der Waals surface area contributed by atoms with Crippen molar-refractivity contribution in [2.45, 2.75) is 51.3 Å². The van der Waals surface area contributed by atoms with E-state index in [1.54, 1.807) is 12.1 Å². The molecular formula is C25H32N2O6. The van der Waals surface area contributed by atoms with Crippen LogP contribution in [0.2, 0.25) is 0 Å². The molecule has 0 bridgehead atoms. The molecule has 33 heavy (non-hydrogen) atoms. The lowest BCUT2D eigenvalue weighted by atomic mass is 9.86. The second kappa shape index (κ2) is 12.0. The first kappa shape index (κ1) is 25.9. The predicted molar refractivity (Wildman–Crippen MR) is 123 cm³/mol. The zero-order valence-electron chi connectivity index (χ0n) is 19.5. The highest BCUT2D eigenvalue weighted by atomic mass is 16.5. The van der Waals surface area contributed by atoms with Crippen molar-refractivity contribution >= 4 is 18.0 Å². The van der Waals surface area contributed by atoms with E-state index in [-0.39, 0.29) is 18.4 Å². The number of aliphatic hydroxyl groups excluding tert-OH is 1. The molecule has 2 rings (SSSR count). The van der Waals surface area contributed by atoms with Crippen LogP contribution in [0.25, 0.3) is 0 Å². The monoisotopic (exact) mass is 456 g/mol. The Morgan fingerprint density at radius 1 is 0.909 bits per heavy atom. The standard InChI is InChI=1S/C25H32N2O6/c1-25(2,3)19-12-10-17(11-13-19)14-20(23(30)32-4)26-22(29)21(15-28)27-24(31)33-16-18-8-6-5-7-9-18/h5-13,20-21,28H,14-16H2,1-4H3,(H,26,29)(H,27,31)/t20-,21+/m1/s1. The van der Waals surface area contributed by atoms with Crippen LogP contribution >= 0.6 is 0 Å². The molecule has 0 aliphatic rings. The van der Waals surface area contributed by atoms with Crippen LogP contribution in [0.15, 0.2) is 54.6 Å². The maximum atomic E-state index is 12.6. The molecule has 0 saturated carbocycles. The number of methoxy groups -OCH3 is 1. The van der Waals surface area contributed by atoms with Gasteiger partial charge in [0.15, 0.2) is 0 Å². The molecule has 0 aromatic heterocycles. The normalized spacial score (nSPS) is 12.9. The summed E-state index contributed by atoms with van der Waals surface area (Å²) in [4.78, 5) is 37.0. The number of esters is 1. The van der Waals surface area contributed by atoms with Gasteiger partial charge in [-0.25, -0.2) is 9.59 Å². The summed E-state index contributed by atoms with van der Waals surface area (Å²) in [7, 11) is 1.23. The third-order valence-corrected chi connectivity index (χ3v) is 5.07. The van der Waals surface area contributed by atoms with E-state index >= 15 is 0 Å². The van der Waals surface area contributed by atoms with Gasteiger partial charge >= 0.3 is 12.1 Å². The molecule has 2 aromatic rings. The third kappa shape index (κ3) is 8.23. The van der Waals surface area contributed by atoms with Gasteiger partial charge in [0.2, 0.25) is 5.91 Å². The number of benzene rings is 2. The van der Waals surface area contributed by atoms with Gasteiger partial charge < -0.3 is 25.2 Å². The van der Waals surface area contributed by atoms with Crippen LogP contribution in [0.1, 0.15) is 37.5 Å². The van der Waals surface area contributed by atoms with E-state index in [0.29, 0.717) is 0 Å². The highest BCUT2D eigenvalue weighted by molar-refractivity contribution is 5.89. The molecule has 2 aromatic carbocycles. The maximum Gasteiger partial charge on any atom is 0.408 e. The molecule has 0 spiro atoms. The maximum absolute atomic E-state index is 12.6. The van der Waals surface area contributed by atoms with E-state index in [4.69, 9.17) is 9.47 Å². The predicted octanol–water partition coefficient (Wildman–Crippen LogP) is 2.47. The molecule has 0 aliphatic carbocycles. The van der Waals surface area contributed by atoms with Gasteiger partial charge in [-0.2, -0.15) is 0 Å².